The lowest BCUT2D eigenvalue weighted by Gasteiger charge is -2.09. The lowest BCUT2D eigenvalue weighted by atomic mass is 10.2. The molecule has 0 aliphatic heterocycles. The van der Waals surface area contributed by atoms with Crippen LogP contribution in [0, 0.1) is 0 Å². The van der Waals surface area contributed by atoms with E-state index in [9.17, 15) is 9.59 Å². The monoisotopic (exact) mass is 316 g/mol. The molecule has 0 unspecified atom stereocenters. The van der Waals surface area contributed by atoms with Crippen LogP contribution in [-0.4, -0.2) is 33.3 Å². The van der Waals surface area contributed by atoms with Crippen LogP contribution in [0.1, 0.15) is 20.7 Å². The van der Waals surface area contributed by atoms with E-state index in [2.05, 4.69) is 4.74 Å². The summed E-state index contributed by atoms with van der Waals surface area (Å²) in [6.45, 7) is 0. The van der Waals surface area contributed by atoms with E-state index in [4.69, 9.17) is 14.2 Å². The molecule has 0 heterocycles. The Labute approximate surface area is 133 Å². The predicted octanol–water partition coefficient (Wildman–Crippen LogP) is 2.71. The van der Waals surface area contributed by atoms with E-state index in [1.807, 2.05) is 0 Å². The Balaban J connectivity index is 2.14. The number of benzene rings is 2. The Morgan fingerprint density at radius 2 is 1.35 bits per heavy atom. The van der Waals surface area contributed by atoms with Crippen LogP contribution < -0.4 is 14.2 Å². The molecule has 0 saturated heterocycles. The van der Waals surface area contributed by atoms with Crippen LogP contribution in [0.15, 0.2) is 42.5 Å². The minimum Gasteiger partial charge on any atom is -0.493 e. The Hall–Kier alpha value is -3.02. The van der Waals surface area contributed by atoms with Gasteiger partial charge in [0.25, 0.3) is 0 Å². The summed E-state index contributed by atoms with van der Waals surface area (Å²) in [5, 5.41) is 0. The van der Waals surface area contributed by atoms with E-state index in [0.29, 0.717) is 28.4 Å². The molecule has 0 amide bonds. The average Bonchev–Trinajstić information content (AvgIpc) is 2.60. The second-order valence-electron chi connectivity index (χ2n) is 4.48. The van der Waals surface area contributed by atoms with Gasteiger partial charge in [-0.2, -0.15) is 0 Å². The Kier molecular flexibility index (Phi) is 5.19. The van der Waals surface area contributed by atoms with Crippen LogP contribution in [0.2, 0.25) is 0 Å². The first kappa shape index (κ1) is 16.4. The standard InChI is InChI=1S/C17H16O6/c1-20-14-9-6-12(10-15(14)21-2)17(19)23-13-7-4-11(5-8-13)16(18)22-3/h4-10H,1-3H3. The van der Waals surface area contributed by atoms with Gasteiger partial charge in [0.15, 0.2) is 11.5 Å². The zero-order chi connectivity index (χ0) is 16.8. The third kappa shape index (κ3) is 3.79. The summed E-state index contributed by atoms with van der Waals surface area (Å²) in [7, 11) is 4.30. The molecular weight excluding hydrogens is 300 g/mol. The number of methoxy groups -OCH3 is 3. The van der Waals surface area contributed by atoms with Gasteiger partial charge in [-0.25, -0.2) is 9.59 Å². The minimum absolute atomic E-state index is 0.317. The second-order valence-corrected chi connectivity index (χ2v) is 4.48. The first-order valence-electron chi connectivity index (χ1n) is 6.71. The molecular formula is C17H16O6. The smallest absolute Gasteiger partial charge is 0.343 e. The van der Waals surface area contributed by atoms with Crippen molar-refractivity contribution < 1.29 is 28.5 Å². The lowest BCUT2D eigenvalue weighted by Crippen LogP contribution is -2.09. The topological polar surface area (TPSA) is 71.1 Å². The van der Waals surface area contributed by atoms with E-state index in [1.54, 1.807) is 12.1 Å². The maximum Gasteiger partial charge on any atom is 0.343 e. The highest BCUT2D eigenvalue weighted by Crippen LogP contribution is 2.28. The zero-order valence-electron chi connectivity index (χ0n) is 13.0. The van der Waals surface area contributed by atoms with Crippen molar-refractivity contribution in [3.05, 3.63) is 53.6 Å². The summed E-state index contributed by atoms with van der Waals surface area (Å²) in [4.78, 5) is 23.5. The van der Waals surface area contributed by atoms with Crippen LogP contribution in [0.4, 0.5) is 0 Å². The number of carbonyl (C=O) groups is 2. The molecule has 6 nitrogen and oxygen atoms in total. The van der Waals surface area contributed by atoms with Crippen LogP contribution >= 0.6 is 0 Å². The molecule has 6 heteroatoms. The number of hydrogen-bond acceptors (Lipinski definition) is 6. The second kappa shape index (κ2) is 7.31. The van der Waals surface area contributed by atoms with Crippen molar-refractivity contribution in [2.24, 2.45) is 0 Å². The third-order valence-corrected chi connectivity index (χ3v) is 3.11. The van der Waals surface area contributed by atoms with Gasteiger partial charge in [-0.1, -0.05) is 0 Å². The summed E-state index contributed by atoms with van der Waals surface area (Å²) in [6.07, 6.45) is 0. The summed E-state index contributed by atoms with van der Waals surface area (Å²) in [5.74, 6) is 0.270. The SMILES string of the molecule is COC(=O)c1ccc(OC(=O)c2ccc(OC)c(OC)c2)cc1. The number of esters is 2. The zero-order valence-corrected chi connectivity index (χ0v) is 13.0. The molecule has 0 aliphatic carbocycles. The quantitative estimate of drug-likeness (QED) is 0.624. The molecule has 0 aromatic heterocycles. The van der Waals surface area contributed by atoms with Gasteiger partial charge in [0.1, 0.15) is 5.75 Å². The fourth-order valence-corrected chi connectivity index (χ4v) is 1.91. The van der Waals surface area contributed by atoms with Crippen molar-refractivity contribution in [3.63, 3.8) is 0 Å². The maximum absolute atomic E-state index is 12.1. The van der Waals surface area contributed by atoms with E-state index in [0.717, 1.165) is 0 Å². The summed E-state index contributed by atoms with van der Waals surface area (Å²) >= 11 is 0. The van der Waals surface area contributed by atoms with Gasteiger partial charge < -0.3 is 18.9 Å². The molecule has 0 N–H and O–H groups in total. The van der Waals surface area contributed by atoms with Crippen molar-refractivity contribution in [1.29, 1.82) is 0 Å². The highest BCUT2D eigenvalue weighted by molar-refractivity contribution is 5.92. The van der Waals surface area contributed by atoms with Gasteiger partial charge in [-0.15, -0.1) is 0 Å². The molecule has 0 atom stereocenters. The van der Waals surface area contributed by atoms with Gasteiger partial charge in [0.2, 0.25) is 0 Å². The van der Waals surface area contributed by atoms with Crippen molar-refractivity contribution in [2.45, 2.75) is 0 Å². The molecule has 0 aliphatic rings. The number of rotatable bonds is 5. The first-order chi connectivity index (χ1) is 11.1. The van der Waals surface area contributed by atoms with Crippen molar-refractivity contribution in [2.75, 3.05) is 21.3 Å². The predicted molar refractivity (Wildman–Crippen MR) is 82.3 cm³/mol. The third-order valence-electron chi connectivity index (χ3n) is 3.11. The van der Waals surface area contributed by atoms with Gasteiger partial charge in [0.05, 0.1) is 32.5 Å². The Morgan fingerprint density at radius 1 is 0.739 bits per heavy atom. The average molecular weight is 316 g/mol. The normalized spacial score (nSPS) is 9.87. The Morgan fingerprint density at radius 3 is 1.91 bits per heavy atom. The van der Waals surface area contributed by atoms with E-state index in [1.165, 1.54) is 51.7 Å². The largest absolute Gasteiger partial charge is 0.493 e. The van der Waals surface area contributed by atoms with Gasteiger partial charge in [-0.3, -0.25) is 0 Å². The fraction of sp³-hybridized carbons (Fsp3) is 0.176. The molecule has 23 heavy (non-hydrogen) atoms. The molecule has 2 aromatic rings. The van der Waals surface area contributed by atoms with Crippen LogP contribution in [-0.2, 0) is 4.74 Å². The molecule has 0 spiro atoms. The van der Waals surface area contributed by atoms with Crippen LogP contribution in [0.5, 0.6) is 17.2 Å². The van der Waals surface area contributed by atoms with Crippen LogP contribution in [0.25, 0.3) is 0 Å². The molecule has 2 rings (SSSR count). The van der Waals surface area contributed by atoms with Gasteiger partial charge in [0, 0.05) is 0 Å². The molecule has 120 valence electrons. The fourth-order valence-electron chi connectivity index (χ4n) is 1.91. The number of carbonyl (C=O) groups excluding carboxylic acids is 2. The van der Waals surface area contributed by atoms with Crippen LogP contribution in [0.3, 0.4) is 0 Å². The summed E-state index contributed by atoms with van der Waals surface area (Å²) in [5.41, 5.74) is 0.693. The van der Waals surface area contributed by atoms with E-state index in [-0.39, 0.29) is 0 Å². The van der Waals surface area contributed by atoms with Crippen molar-refractivity contribution in [3.8, 4) is 17.2 Å². The first-order valence-corrected chi connectivity index (χ1v) is 6.71. The summed E-state index contributed by atoms with van der Waals surface area (Å²) < 4.78 is 20.1. The molecule has 0 saturated carbocycles. The van der Waals surface area contributed by atoms with E-state index >= 15 is 0 Å². The van der Waals surface area contributed by atoms with Crippen molar-refractivity contribution >= 4 is 11.9 Å². The maximum atomic E-state index is 12.1. The molecule has 0 bridgehead atoms. The van der Waals surface area contributed by atoms with Gasteiger partial charge in [-0.05, 0) is 42.5 Å². The minimum atomic E-state index is -0.545. The molecule has 2 aromatic carbocycles. The number of ether oxygens (including phenoxy) is 4. The Bertz CT molecular complexity index is 706. The van der Waals surface area contributed by atoms with Crippen molar-refractivity contribution in [1.82, 2.24) is 0 Å². The molecule has 0 fully saturated rings. The lowest BCUT2D eigenvalue weighted by molar-refractivity contribution is 0.0600. The molecule has 0 radical (unpaired) electrons. The van der Waals surface area contributed by atoms with Gasteiger partial charge >= 0.3 is 11.9 Å². The van der Waals surface area contributed by atoms with E-state index < -0.39 is 11.9 Å². The summed E-state index contributed by atoms with van der Waals surface area (Å²) in [6, 6.07) is 10.8. The highest BCUT2D eigenvalue weighted by Gasteiger charge is 2.13. The number of hydrogen-bond donors (Lipinski definition) is 0. The highest BCUT2D eigenvalue weighted by atomic mass is 16.5.